The van der Waals surface area contributed by atoms with E-state index in [4.69, 9.17) is 0 Å². The first-order valence-corrected chi connectivity index (χ1v) is 9.60. The molecular weight excluding hydrogens is 395 g/mol. The Balaban J connectivity index is 2.00. The minimum atomic E-state index is -1.14. The Bertz CT molecular complexity index is 1300. The van der Waals surface area contributed by atoms with Crippen LogP contribution in [0.2, 0.25) is 0 Å². The first-order valence-electron chi connectivity index (χ1n) is 8.97. The Morgan fingerprint density at radius 1 is 1.28 bits per heavy atom. The van der Waals surface area contributed by atoms with Crippen LogP contribution in [-0.2, 0) is 11.2 Å². The number of nitrogens with zero attached hydrogens (tertiary/aromatic N) is 4. The molecule has 0 fully saturated rings. The zero-order chi connectivity index (χ0) is 20.7. The van der Waals surface area contributed by atoms with Crippen LogP contribution in [0.3, 0.4) is 0 Å². The van der Waals surface area contributed by atoms with Crippen LogP contribution in [0.25, 0.3) is 27.7 Å². The highest BCUT2D eigenvalue weighted by atomic mass is 32.1. The van der Waals surface area contributed by atoms with Crippen molar-refractivity contribution in [2.24, 2.45) is 0 Å². The summed E-state index contributed by atoms with van der Waals surface area (Å²) in [6.07, 6.45) is 3.48. The molecule has 1 atom stereocenters. The SMILES string of the molecule is CCc1nn2c(ncc3c(=O)n(C(CS)C(=O)O)ccc32)c1-c1ccc(F)cc1. The maximum Gasteiger partial charge on any atom is 0.327 e. The van der Waals surface area contributed by atoms with Crippen molar-refractivity contribution < 1.29 is 14.3 Å². The maximum atomic E-state index is 13.3. The Labute approximate surface area is 169 Å². The predicted molar refractivity (Wildman–Crippen MR) is 110 cm³/mol. The number of aryl methyl sites for hydroxylation is 1. The lowest BCUT2D eigenvalue weighted by molar-refractivity contribution is -0.140. The molecule has 9 heteroatoms. The van der Waals surface area contributed by atoms with E-state index in [1.165, 1.54) is 24.5 Å². The molecule has 0 aliphatic heterocycles. The van der Waals surface area contributed by atoms with E-state index in [0.717, 1.165) is 21.4 Å². The fraction of sp³-hybridized carbons (Fsp3) is 0.200. The Morgan fingerprint density at radius 3 is 2.62 bits per heavy atom. The van der Waals surface area contributed by atoms with Crippen LogP contribution in [0.4, 0.5) is 4.39 Å². The molecule has 0 amide bonds. The monoisotopic (exact) mass is 412 g/mol. The largest absolute Gasteiger partial charge is 0.480 e. The average Bonchev–Trinajstić information content (AvgIpc) is 3.09. The van der Waals surface area contributed by atoms with E-state index in [0.29, 0.717) is 17.6 Å². The number of carboxylic acid groups (broad SMARTS) is 1. The number of fused-ring (bicyclic) bond motifs is 3. The molecule has 0 radical (unpaired) electrons. The molecule has 0 bridgehead atoms. The molecule has 3 heterocycles. The normalized spacial score (nSPS) is 12.5. The molecule has 1 N–H and O–H groups in total. The van der Waals surface area contributed by atoms with Crippen LogP contribution in [0.5, 0.6) is 0 Å². The highest BCUT2D eigenvalue weighted by Gasteiger charge is 2.22. The number of thiol groups is 1. The highest BCUT2D eigenvalue weighted by molar-refractivity contribution is 7.80. The average molecular weight is 412 g/mol. The molecule has 0 spiro atoms. The predicted octanol–water partition coefficient (Wildman–Crippen LogP) is 2.97. The molecule has 29 heavy (non-hydrogen) atoms. The van der Waals surface area contributed by atoms with Crippen LogP contribution in [0.15, 0.2) is 47.5 Å². The molecule has 4 aromatic rings. The molecule has 7 nitrogen and oxygen atoms in total. The molecule has 0 aliphatic rings. The van der Waals surface area contributed by atoms with Gasteiger partial charge in [0.2, 0.25) is 0 Å². The number of benzene rings is 1. The van der Waals surface area contributed by atoms with Crippen molar-refractivity contribution in [3.63, 3.8) is 0 Å². The summed E-state index contributed by atoms with van der Waals surface area (Å²) in [5, 5.41) is 14.2. The van der Waals surface area contributed by atoms with Gasteiger partial charge in [-0.1, -0.05) is 19.1 Å². The molecule has 0 saturated carbocycles. The second-order valence-electron chi connectivity index (χ2n) is 6.54. The second kappa shape index (κ2) is 7.32. The van der Waals surface area contributed by atoms with E-state index in [1.54, 1.807) is 22.7 Å². The van der Waals surface area contributed by atoms with E-state index in [-0.39, 0.29) is 17.0 Å². The zero-order valence-electron chi connectivity index (χ0n) is 15.4. The van der Waals surface area contributed by atoms with Gasteiger partial charge in [-0.2, -0.15) is 17.7 Å². The molecule has 0 saturated heterocycles. The second-order valence-corrected chi connectivity index (χ2v) is 6.90. The molecule has 148 valence electrons. The number of rotatable bonds is 5. The lowest BCUT2D eigenvalue weighted by atomic mass is 10.0. The molecule has 3 aromatic heterocycles. The zero-order valence-corrected chi connectivity index (χ0v) is 16.3. The highest BCUT2D eigenvalue weighted by Crippen LogP contribution is 2.29. The Morgan fingerprint density at radius 2 is 2.00 bits per heavy atom. The molecule has 1 unspecified atom stereocenters. The summed E-state index contributed by atoms with van der Waals surface area (Å²) in [7, 11) is 0. The van der Waals surface area contributed by atoms with Gasteiger partial charge in [-0.15, -0.1) is 0 Å². The number of hydrogen-bond donors (Lipinski definition) is 2. The van der Waals surface area contributed by atoms with E-state index < -0.39 is 17.6 Å². The minimum absolute atomic E-state index is 0.0209. The molecular formula is C20H17FN4O3S. The number of carboxylic acids is 1. The third-order valence-corrected chi connectivity index (χ3v) is 5.22. The van der Waals surface area contributed by atoms with E-state index in [2.05, 4.69) is 22.7 Å². The van der Waals surface area contributed by atoms with Gasteiger partial charge >= 0.3 is 5.97 Å². The fourth-order valence-electron chi connectivity index (χ4n) is 3.42. The van der Waals surface area contributed by atoms with Crippen LogP contribution in [0, 0.1) is 5.82 Å². The van der Waals surface area contributed by atoms with Crippen molar-refractivity contribution in [2.45, 2.75) is 19.4 Å². The third-order valence-electron chi connectivity index (χ3n) is 4.87. The Hall–Kier alpha value is -3.20. The van der Waals surface area contributed by atoms with Crippen LogP contribution in [-0.4, -0.2) is 36.0 Å². The van der Waals surface area contributed by atoms with E-state index in [1.807, 2.05) is 6.92 Å². The molecule has 4 rings (SSSR count). The van der Waals surface area contributed by atoms with Crippen molar-refractivity contribution in [1.29, 1.82) is 0 Å². The quantitative estimate of drug-likeness (QED) is 0.492. The fourth-order valence-corrected chi connectivity index (χ4v) is 3.75. The molecule has 1 aromatic carbocycles. The lowest BCUT2D eigenvalue weighted by Gasteiger charge is -2.14. The van der Waals surface area contributed by atoms with Crippen molar-refractivity contribution >= 4 is 35.1 Å². The number of halogens is 1. The van der Waals surface area contributed by atoms with E-state index in [9.17, 15) is 19.1 Å². The first-order chi connectivity index (χ1) is 14.0. The van der Waals surface area contributed by atoms with Gasteiger partial charge in [0.05, 0.1) is 16.6 Å². The molecule has 0 aliphatic carbocycles. The van der Waals surface area contributed by atoms with Crippen LogP contribution < -0.4 is 5.56 Å². The van der Waals surface area contributed by atoms with Crippen molar-refractivity contribution in [1.82, 2.24) is 19.2 Å². The van der Waals surface area contributed by atoms with Crippen molar-refractivity contribution in [3.05, 3.63) is 64.6 Å². The van der Waals surface area contributed by atoms with Crippen LogP contribution in [0.1, 0.15) is 18.7 Å². The van der Waals surface area contributed by atoms with Gasteiger partial charge in [0.1, 0.15) is 11.9 Å². The van der Waals surface area contributed by atoms with Gasteiger partial charge in [0.25, 0.3) is 5.56 Å². The standard InChI is InChI=1S/C20H17FN4O3S/c1-2-14-17(11-3-5-12(21)6-4-11)18-22-9-13-15(25(18)23-14)7-8-24(19(13)26)16(10-29)20(27)28/h3-9,16,29H,2,10H2,1H3,(H,27,28). The van der Waals surface area contributed by atoms with Gasteiger partial charge in [-0.05, 0) is 30.2 Å². The summed E-state index contributed by atoms with van der Waals surface area (Å²) in [6.45, 7) is 1.95. The topological polar surface area (TPSA) is 89.5 Å². The van der Waals surface area contributed by atoms with Gasteiger partial charge < -0.3 is 5.11 Å². The van der Waals surface area contributed by atoms with Crippen molar-refractivity contribution in [3.8, 4) is 11.1 Å². The summed E-state index contributed by atoms with van der Waals surface area (Å²) in [4.78, 5) is 28.8. The summed E-state index contributed by atoms with van der Waals surface area (Å²) >= 11 is 4.04. The summed E-state index contributed by atoms with van der Waals surface area (Å²) in [6, 6.07) is 6.65. The summed E-state index contributed by atoms with van der Waals surface area (Å²) < 4.78 is 16.1. The van der Waals surface area contributed by atoms with Gasteiger partial charge in [-0.3, -0.25) is 9.36 Å². The van der Waals surface area contributed by atoms with Gasteiger partial charge in [0, 0.05) is 23.7 Å². The number of pyridine rings is 1. The maximum absolute atomic E-state index is 13.3. The number of aromatic nitrogens is 4. The van der Waals surface area contributed by atoms with Crippen LogP contribution >= 0.6 is 12.6 Å². The number of carbonyl (C=O) groups is 1. The first kappa shape index (κ1) is 19.1. The summed E-state index contributed by atoms with van der Waals surface area (Å²) in [5.74, 6) is -1.49. The summed E-state index contributed by atoms with van der Waals surface area (Å²) in [5.41, 5.74) is 2.90. The van der Waals surface area contributed by atoms with Crippen molar-refractivity contribution in [2.75, 3.05) is 5.75 Å². The Kier molecular flexibility index (Phi) is 4.83. The van der Waals surface area contributed by atoms with E-state index >= 15 is 0 Å². The third kappa shape index (κ3) is 3.07. The van der Waals surface area contributed by atoms with Gasteiger partial charge in [-0.25, -0.2) is 18.7 Å². The smallest absolute Gasteiger partial charge is 0.327 e. The number of hydrogen-bond acceptors (Lipinski definition) is 5. The van der Waals surface area contributed by atoms with Gasteiger partial charge in [0.15, 0.2) is 5.65 Å². The lowest BCUT2D eigenvalue weighted by Crippen LogP contribution is -2.31. The minimum Gasteiger partial charge on any atom is -0.480 e. The number of aliphatic carboxylic acids is 1.